The molecule has 0 radical (unpaired) electrons. The van der Waals surface area contributed by atoms with Crippen molar-refractivity contribution in [3.8, 4) is 11.5 Å². The first-order valence-electron chi connectivity index (χ1n) is 8.27. The average Bonchev–Trinajstić information content (AvgIpc) is 2.64. The summed E-state index contributed by atoms with van der Waals surface area (Å²) in [6.45, 7) is 1.75. The first kappa shape index (κ1) is 20.6. The summed E-state index contributed by atoms with van der Waals surface area (Å²) >= 11 is 0. The summed E-state index contributed by atoms with van der Waals surface area (Å²) in [6.07, 6.45) is 1.08. The molecule has 0 saturated carbocycles. The fraction of sp³-hybridized carbons (Fsp3) is 0.316. The minimum atomic E-state index is -3.60. The standard InChI is InChI=1S/C19H24N2O5S/c1-14-7-5-6-8-16(14)21(27(4,23)24)13-19(22)20-12-15-9-10-17(25-2)18(11-15)26-3/h5-11H,12-13H2,1-4H3,(H,20,22). The molecule has 0 spiro atoms. The van der Waals surface area contributed by atoms with Gasteiger partial charge in [0.1, 0.15) is 6.54 Å². The predicted molar refractivity (Wildman–Crippen MR) is 105 cm³/mol. The van der Waals surface area contributed by atoms with E-state index in [2.05, 4.69) is 5.32 Å². The third-order valence-corrected chi connectivity index (χ3v) is 5.14. The Morgan fingerprint density at radius 1 is 1.07 bits per heavy atom. The highest BCUT2D eigenvalue weighted by atomic mass is 32.2. The molecule has 1 amide bonds. The number of hydrogen-bond acceptors (Lipinski definition) is 5. The Hall–Kier alpha value is -2.74. The number of amides is 1. The topological polar surface area (TPSA) is 84.9 Å². The van der Waals surface area contributed by atoms with Gasteiger partial charge in [0, 0.05) is 6.54 Å². The molecular weight excluding hydrogens is 368 g/mol. The van der Waals surface area contributed by atoms with Crippen molar-refractivity contribution in [2.24, 2.45) is 0 Å². The zero-order valence-corrected chi connectivity index (χ0v) is 16.7. The summed E-state index contributed by atoms with van der Waals surface area (Å²) in [5.41, 5.74) is 2.07. The van der Waals surface area contributed by atoms with Gasteiger partial charge in [-0.15, -0.1) is 0 Å². The molecule has 2 aromatic carbocycles. The zero-order valence-electron chi connectivity index (χ0n) is 15.9. The van der Waals surface area contributed by atoms with Crippen molar-refractivity contribution < 1.29 is 22.7 Å². The van der Waals surface area contributed by atoms with Gasteiger partial charge < -0.3 is 14.8 Å². The minimum Gasteiger partial charge on any atom is -0.493 e. The lowest BCUT2D eigenvalue weighted by Gasteiger charge is -2.23. The summed E-state index contributed by atoms with van der Waals surface area (Å²) in [5.74, 6) is 0.746. The van der Waals surface area contributed by atoms with Gasteiger partial charge in [-0.2, -0.15) is 0 Å². The third kappa shape index (κ3) is 5.37. The van der Waals surface area contributed by atoms with Gasteiger partial charge in [-0.3, -0.25) is 9.10 Å². The highest BCUT2D eigenvalue weighted by Crippen LogP contribution is 2.27. The van der Waals surface area contributed by atoms with Gasteiger partial charge in [0.15, 0.2) is 11.5 Å². The molecular formula is C19H24N2O5S. The maximum Gasteiger partial charge on any atom is 0.241 e. The van der Waals surface area contributed by atoms with E-state index >= 15 is 0 Å². The molecule has 0 heterocycles. The Kier molecular flexibility index (Phi) is 6.68. The second-order valence-corrected chi connectivity index (χ2v) is 7.93. The Balaban J connectivity index is 2.10. The number of benzene rings is 2. The number of sulfonamides is 1. The molecule has 7 nitrogen and oxygen atoms in total. The molecule has 2 aromatic rings. The molecule has 146 valence electrons. The van der Waals surface area contributed by atoms with Gasteiger partial charge >= 0.3 is 0 Å². The summed E-state index contributed by atoms with van der Waals surface area (Å²) < 4.78 is 35.9. The molecule has 8 heteroatoms. The van der Waals surface area contributed by atoms with Crippen molar-refractivity contribution in [2.75, 3.05) is 31.3 Å². The lowest BCUT2D eigenvalue weighted by molar-refractivity contribution is -0.119. The van der Waals surface area contributed by atoms with Crippen molar-refractivity contribution in [1.82, 2.24) is 5.32 Å². The molecule has 0 aromatic heterocycles. The van der Waals surface area contributed by atoms with E-state index in [4.69, 9.17) is 9.47 Å². The summed E-state index contributed by atoms with van der Waals surface area (Å²) in [5, 5.41) is 2.74. The van der Waals surface area contributed by atoms with E-state index < -0.39 is 15.9 Å². The van der Waals surface area contributed by atoms with Crippen LogP contribution >= 0.6 is 0 Å². The Morgan fingerprint density at radius 2 is 1.74 bits per heavy atom. The van der Waals surface area contributed by atoms with E-state index in [1.807, 2.05) is 6.07 Å². The maximum absolute atomic E-state index is 12.4. The van der Waals surface area contributed by atoms with Crippen LogP contribution in [0, 0.1) is 6.92 Å². The summed E-state index contributed by atoms with van der Waals surface area (Å²) in [6, 6.07) is 12.3. The van der Waals surface area contributed by atoms with E-state index in [0.717, 1.165) is 21.7 Å². The molecule has 0 bridgehead atoms. The van der Waals surface area contributed by atoms with Crippen molar-refractivity contribution in [3.63, 3.8) is 0 Å². The van der Waals surface area contributed by atoms with Crippen LogP contribution < -0.4 is 19.1 Å². The number of hydrogen-bond donors (Lipinski definition) is 1. The van der Waals surface area contributed by atoms with Crippen LogP contribution in [0.4, 0.5) is 5.69 Å². The van der Waals surface area contributed by atoms with E-state index in [0.29, 0.717) is 17.2 Å². The van der Waals surface area contributed by atoms with Crippen molar-refractivity contribution in [3.05, 3.63) is 53.6 Å². The normalized spacial score (nSPS) is 11.0. The predicted octanol–water partition coefficient (Wildman–Crippen LogP) is 2.09. The Labute approximate surface area is 160 Å². The Bertz CT molecular complexity index is 912. The van der Waals surface area contributed by atoms with Gasteiger partial charge in [-0.25, -0.2) is 8.42 Å². The van der Waals surface area contributed by atoms with Crippen LogP contribution in [-0.2, 0) is 21.4 Å². The molecule has 0 aliphatic carbocycles. The number of carbonyl (C=O) groups excluding carboxylic acids is 1. The number of ether oxygens (including phenoxy) is 2. The van der Waals surface area contributed by atoms with E-state index in [9.17, 15) is 13.2 Å². The van der Waals surface area contributed by atoms with Crippen LogP contribution in [0.25, 0.3) is 0 Å². The molecule has 2 rings (SSSR count). The number of methoxy groups -OCH3 is 2. The quantitative estimate of drug-likeness (QED) is 0.744. The molecule has 0 unspecified atom stereocenters. The van der Waals surface area contributed by atoms with E-state index in [-0.39, 0.29) is 13.1 Å². The van der Waals surface area contributed by atoms with Crippen LogP contribution in [0.5, 0.6) is 11.5 Å². The molecule has 0 atom stereocenters. The first-order chi connectivity index (χ1) is 12.8. The van der Waals surface area contributed by atoms with E-state index in [1.165, 1.54) is 7.11 Å². The third-order valence-electron chi connectivity index (χ3n) is 4.01. The first-order valence-corrected chi connectivity index (χ1v) is 10.1. The monoisotopic (exact) mass is 392 g/mol. The van der Waals surface area contributed by atoms with Gasteiger partial charge in [0.2, 0.25) is 15.9 Å². The number of nitrogens with zero attached hydrogens (tertiary/aromatic N) is 1. The highest BCUT2D eigenvalue weighted by molar-refractivity contribution is 7.92. The maximum atomic E-state index is 12.4. The van der Waals surface area contributed by atoms with Crippen molar-refractivity contribution >= 4 is 21.6 Å². The fourth-order valence-electron chi connectivity index (χ4n) is 2.60. The molecule has 0 aliphatic heterocycles. The minimum absolute atomic E-state index is 0.241. The number of para-hydroxylation sites is 1. The fourth-order valence-corrected chi connectivity index (χ4v) is 3.52. The lowest BCUT2D eigenvalue weighted by Crippen LogP contribution is -2.40. The number of rotatable bonds is 8. The smallest absolute Gasteiger partial charge is 0.241 e. The SMILES string of the molecule is COc1ccc(CNC(=O)CN(c2ccccc2C)S(C)(=O)=O)cc1OC. The zero-order chi connectivity index (χ0) is 20.0. The van der Waals surface area contributed by atoms with Crippen LogP contribution in [0.3, 0.4) is 0 Å². The Morgan fingerprint density at radius 3 is 2.33 bits per heavy atom. The summed E-state index contributed by atoms with van der Waals surface area (Å²) in [7, 11) is -0.522. The highest BCUT2D eigenvalue weighted by Gasteiger charge is 2.22. The van der Waals surface area contributed by atoms with Crippen LogP contribution in [0.1, 0.15) is 11.1 Å². The second-order valence-electron chi connectivity index (χ2n) is 6.02. The van der Waals surface area contributed by atoms with Crippen LogP contribution in [0.15, 0.2) is 42.5 Å². The van der Waals surface area contributed by atoms with Gasteiger partial charge in [-0.05, 0) is 36.2 Å². The summed E-state index contributed by atoms with van der Waals surface area (Å²) in [4.78, 5) is 12.4. The largest absolute Gasteiger partial charge is 0.493 e. The lowest BCUT2D eigenvalue weighted by atomic mass is 10.2. The number of nitrogens with one attached hydrogen (secondary N) is 1. The van der Waals surface area contributed by atoms with Gasteiger partial charge in [0.05, 0.1) is 26.2 Å². The molecule has 0 aliphatic rings. The molecule has 0 saturated heterocycles. The average molecular weight is 392 g/mol. The molecule has 27 heavy (non-hydrogen) atoms. The molecule has 1 N–H and O–H groups in total. The van der Waals surface area contributed by atoms with Gasteiger partial charge in [-0.1, -0.05) is 24.3 Å². The number of carbonyl (C=O) groups is 1. The van der Waals surface area contributed by atoms with Gasteiger partial charge in [0.25, 0.3) is 0 Å². The molecule has 0 fully saturated rings. The van der Waals surface area contributed by atoms with Crippen molar-refractivity contribution in [2.45, 2.75) is 13.5 Å². The van der Waals surface area contributed by atoms with Crippen LogP contribution in [0.2, 0.25) is 0 Å². The van der Waals surface area contributed by atoms with Crippen LogP contribution in [-0.4, -0.2) is 41.3 Å². The van der Waals surface area contributed by atoms with E-state index in [1.54, 1.807) is 50.4 Å². The number of aryl methyl sites for hydroxylation is 1. The number of anilines is 1. The second kappa shape index (κ2) is 8.77. The van der Waals surface area contributed by atoms with Crippen molar-refractivity contribution in [1.29, 1.82) is 0 Å².